The van der Waals surface area contributed by atoms with E-state index in [4.69, 9.17) is 10.1 Å². The molecule has 4 aromatic rings. The van der Waals surface area contributed by atoms with Crippen LogP contribution in [0.1, 0.15) is 24.5 Å². The minimum absolute atomic E-state index is 0.0406. The molecule has 38 heavy (non-hydrogen) atoms. The van der Waals surface area contributed by atoms with Crippen LogP contribution in [0.15, 0.2) is 94.9 Å². The van der Waals surface area contributed by atoms with Crippen LogP contribution in [0.2, 0.25) is 0 Å². The van der Waals surface area contributed by atoms with Crippen LogP contribution in [0.5, 0.6) is 0 Å². The van der Waals surface area contributed by atoms with Crippen molar-refractivity contribution in [3.8, 4) is 28.5 Å². The van der Waals surface area contributed by atoms with Crippen molar-refractivity contribution < 1.29 is 13.2 Å². The molecule has 3 aromatic carbocycles. The summed E-state index contributed by atoms with van der Waals surface area (Å²) in [5.74, 6) is -0.284. The van der Waals surface area contributed by atoms with Crippen molar-refractivity contribution in [2.45, 2.75) is 35.4 Å². The van der Waals surface area contributed by atoms with Gasteiger partial charge >= 0.3 is 0 Å². The Morgan fingerprint density at radius 2 is 1.68 bits per heavy atom. The van der Waals surface area contributed by atoms with E-state index in [-0.39, 0.29) is 10.8 Å². The molecular weight excluding hydrogens is 516 g/mol. The maximum atomic E-state index is 13.2. The van der Waals surface area contributed by atoms with Crippen LogP contribution in [0, 0.1) is 18.3 Å². The SMILES string of the molecule is CCC(Sc1nc(-c2ccccc2)cc(-c2ccc(C)cc2)c1C#N)C(=O)Nc1ccc(S(N)(=O)=O)cc1. The van der Waals surface area contributed by atoms with Crippen molar-refractivity contribution in [2.24, 2.45) is 5.14 Å². The maximum absolute atomic E-state index is 13.2. The van der Waals surface area contributed by atoms with Gasteiger partial charge in [0, 0.05) is 16.8 Å². The van der Waals surface area contributed by atoms with Gasteiger partial charge in [-0.2, -0.15) is 5.26 Å². The van der Waals surface area contributed by atoms with Gasteiger partial charge in [-0.3, -0.25) is 4.79 Å². The molecular formula is C29H26N4O3S2. The standard InChI is InChI=1S/C29H26N4O3S2/c1-3-27(28(34)32-22-13-15-23(16-14-22)38(31,35)36)37-29-25(18-30)24(20-11-9-19(2)10-12-20)17-26(33-29)21-7-5-4-6-8-21/h4-17,27H,3H2,1-2H3,(H,32,34)(H2,31,35,36). The van der Waals surface area contributed by atoms with Crippen molar-refractivity contribution in [1.29, 1.82) is 5.26 Å². The topological polar surface area (TPSA) is 126 Å². The summed E-state index contributed by atoms with van der Waals surface area (Å²) in [6, 6.07) is 27.5. The number of benzene rings is 3. The number of sulfonamides is 1. The third-order valence-electron chi connectivity index (χ3n) is 5.90. The summed E-state index contributed by atoms with van der Waals surface area (Å²) < 4.78 is 23.0. The Balaban J connectivity index is 1.70. The molecule has 4 rings (SSSR count). The number of pyridine rings is 1. The average Bonchev–Trinajstić information content (AvgIpc) is 2.92. The van der Waals surface area contributed by atoms with E-state index in [1.54, 1.807) is 0 Å². The van der Waals surface area contributed by atoms with Crippen LogP contribution in [-0.4, -0.2) is 24.6 Å². The first kappa shape index (κ1) is 27.1. The number of carbonyl (C=O) groups is 1. The smallest absolute Gasteiger partial charge is 0.238 e. The Bertz CT molecular complexity index is 1600. The Morgan fingerprint density at radius 3 is 2.26 bits per heavy atom. The lowest BCUT2D eigenvalue weighted by Crippen LogP contribution is -2.25. The van der Waals surface area contributed by atoms with Gasteiger partial charge in [0.1, 0.15) is 11.1 Å². The van der Waals surface area contributed by atoms with Gasteiger partial charge in [0.15, 0.2) is 0 Å². The molecule has 0 bridgehead atoms. The highest BCUT2D eigenvalue weighted by atomic mass is 32.2. The molecule has 7 nitrogen and oxygen atoms in total. The molecule has 1 aromatic heterocycles. The minimum atomic E-state index is -3.83. The fourth-order valence-corrected chi connectivity index (χ4v) is 5.38. The molecule has 0 aliphatic heterocycles. The highest BCUT2D eigenvalue weighted by Crippen LogP contribution is 2.36. The highest BCUT2D eigenvalue weighted by Gasteiger charge is 2.24. The van der Waals surface area contributed by atoms with Crippen LogP contribution in [0.3, 0.4) is 0 Å². The second-order valence-corrected chi connectivity index (χ2v) is 11.4. The Kier molecular flexibility index (Phi) is 8.27. The summed E-state index contributed by atoms with van der Waals surface area (Å²) in [5.41, 5.74) is 5.20. The summed E-state index contributed by atoms with van der Waals surface area (Å²) in [6.07, 6.45) is 0.480. The number of aromatic nitrogens is 1. The van der Waals surface area contributed by atoms with Gasteiger partial charge in [-0.05, 0) is 49.2 Å². The lowest BCUT2D eigenvalue weighted by atomic mass is 9.98. The number of nitrogens with zero attached hydrogens (tertiary/aromatic N) is 2. The number of hydrogen-bond acceptors (Lipinski definition) is 6. The molecule has 1 heterocycles. The molecule has 192 valence electrons. The first-order chi connectivity index (χ1) is 18.2. The number of nitriles is 1. The number of hydrogen-bond donors (Lipinski definition) is 2. The number of nitrogens with two attached hydrogens (primary N) is 1. The lowest BCUT2D eigenvalue weighted by molar-refractivity contribution is -0.115. The zero-order valence-corrected chi connectivity index (χ0v) is 22.5. The number of carbonyl (C=O) groups excluding carboxylic acids is 1. The summed E-state index contributed by atoms with van der Waals surface area (Å²) in [5, 5.41) is 18.1. The summed E-state index contributed by atoms with van der Waals surface area (Å²) in [4.78, 5) is 18.0. The quantitative estimate of drug-likeness (QED) is 0.273. The molecule has 0 fully saturated rings. The second-order valence-electron chi connectivity index (χ2n) is 8.65. The van der Waals surface area contributed by atoms with Crippen LogP contribution in [0.25, 0.3) is 22.4 Å². The van der Waals surface area contributed by atoms with Crippen LogP contribution in [0.4, 0.5) is 5.69 Å². The maximum Gasteiger partial charge on any atom is 0.238 e. The Hall–Kier alpha value is -3.97. The molecule has 3 N–H and O–H groups in total. The number of nitrogens with one attached hydrogen (secondary N) is 1. The van der Waals surface area contributed by atoms with Crippen LogP contribution < -0.4 is 10.5 Å². The number of primary sulfonamides is 1. The Morgan fingerprint density at radius 1 is 1.03 bits per heavy atom. The van der Waals surface area contributed by atoms with Crippen LogP contribution >= 0.6 is 11.8 Å². The van der Waals surface area contributed by atoms with Gasteiger partial charge in [-0.15, -0.1) is 0 Å². The number of rotatable bonds is 8. The van der Waals surface area contributed by atoms with Crippen molar-refractivity contribution in [1.82, 2.24) is 4.98 Å². The van der Waals surface area contributed by atoms with Gasteiger partial charge in [-0.1, -0.05) is 78.8 Å². The second kappa shape index (κ2) is 11.6. The van der Waals surface area contributed by atoms with E-state index < -0.39 is 15.3 Å². The highest BCUT2D eigenvalue weighted by molar-refractivity contribution is 8.00. The molecule has 1 unspecified atom stereocenters. The monoisotopic (exact) mass is 542 g/mol. The summed E-state index contributed by atoms with van der Waals surface area (Å²) in [7, 11) is -3.83. The van der Waals surface area contributed by atoms with Crippen molar-refractivity contribution in [3.05, 3.63) is 96.1 Å². The van der Waals surface area contributed by atoms with Gasteiger partial charge in [-0.25, -0.2) is 18.5 Å². The zero-order chi connectivity index (χ0) is 27.3. The first-order valence-corrected chi connectivity index (χ1v) is 14.3. The summed E-state index contributed by atoms with van der Waals surface area (Å²) >= 11 is 1.23. The van der Waals surface area contributed by atoms with Crippen molar-refractivity contribution in [2.75, 3.05) is 5.32 Å². The van der Waals surface area contributed by atoms with Gasteiger partial charge in [0.2, 0.25) is 15.9 Å². The van der Waals surface area contributed by atoms with Gasteiger partial charge in [0.05, 0.1) is 21.4 Å². The molecule has 0 saturated carbocycles. The Labute approximate surface area is 226 Å². The molecule has 1 amide bonds. The van der Waals surface area contributed by atoms with E-state index in [0.717, 1.165) is 22.3 Å². The molecule has 0 spiro atoms. The zero-order valence-electron chi connectivity index (χ0n) is 20.9. The third-order valence-corrected chi connectivity index (χ3v) is 8.18. The fraction of sp³-hybridized carbons (Fsp3) is 0.138. The molecule has 9 heteroatoms. The van der Waals surface area contributed by atoms with E-state index in [0.29, 0.717) is 28.4 Å². The number of anilines is 1. The predicted molar refractivity (Wildman–Crippen MR) is 151 cm³/mol. The van der Waals surface area contributed by atoms with Gasteiger partial charge < -0.3 is 5.32 Å². The van der Waals surface area contributed by atoms with Crippen molar-refractivity contribution >= 4 is 33.4 Å². The molecule has 0 aliphatic rings. The fourth-order valence-electron chi connectivity index (χ4n) is 3.84. The van der Waals surface area contributed by atoms with Crippen molar-refractivity contribution in [3.63, 3.8) is 0 Å². The lowest BCUT2D eigenvalue weighted by Gasteiger charge is -2.17. The number of thioether (sulfide) groups is 1. The van der Waals surface area contributed by atoms with Gasteiger partial charge in [0.25, 0.3) is 0 Å². The predicted octanol–water partition coefficient (Wildman–Crippen LogP) is 5.75. The largest absolute Gasteiger partial charge is 0.325 e. The summed E-state index contributed by atoms with van der Waals surface area (Å²) in [6.45, 7) is 3.89. The normalized spacial score (nSPS) is 11.9. The van der Waals surface area contributed by atoms with E-state index in [2.05, 4.69) is 11.4 Å². The molecule has 0 aliphatic carbocycles. The number of aryl methyl sites for hydroxylation is 1. The minimum Gasteiger partial charge on any atom is -0.325 e. The van der Waals surface area contributed by atoms with Crippen LogP contribution in [-0.2, 0) is 14.8 Å². The molecule has 1 atom stereocenters. The molecule has 0 radical (unpaired) electrons. The van der Waals surface area contributed by atoms with E-state index in [1.807, 2.05) is 74.5 Å². The third kappa shape index (κ3) is 6.29. The molecule has 0 saturated heterocycles. The van der Waals surface area contributed by atoms with E-state index in [1.165, 1.54) is 36.0 Å². The average molecular weight is 543 g/mol. The van der Waals surface area contributed by atoms with E-state index >= 15 is 0 Å². The van der Waals surface area contributed by atoms with E-state index in [9.17, 15) is 18.5 Å². The first-order valence-electron chi connectivity index (χ1n) is 11.9. The number of amides is 1.